The van der Waals surface area contributed by atoms with E-state index in [1.54, 1.807) is 13.2 Å². The maximum absolute atomic E-state index is 12.7. The summed E-state index contributed by atoms with van der Waals surface area (Å²) in [6, 6.07) is 7.34. The van der Waals surface area contributed by atoms with Gasteiger partial charge in [-0.2, -0.15) is 0 Å². The summed E-state index contributed by atoms with van der Waals surface area (Å²) in [6.45, 7) is 7.57. The molecule has 0 radical (unpaired) electrons. The number of carbonyl (C=O) groups is 1. The van der Waals surface area contributed by atoms with Gasteiger partial charge in [0.2, 0.25) is 11.8 Å². The summed E-state index contributed by atoms with van der Waals surface area (Å²) in [4.78, 5) is 16.8. The molecule has 25 heavy (non-hydrogen) atoms. The third-order valence-corrected chi connectivity index (χ3v) is 4.33. The van der Waals surface area contributed by atoms with Crippen LogP contribution in [-0.4, -0.2) is 59.2 Å². The van der Waals surface area contributed by atoms with Crippen molar-refractivity contribution in [2.75, 3.05) is 33.3 Å². The zero-order chi connectivity index (χ0) is 17.8. The molecule has 2 heterocycles. The summed E-state index contributed by atoms with van der Waals surface area (Å²) in [5, 5.41) is 8.16. The first kappa shape index (κ1) is 17.4. The number of piperazine rings is 1. The highest BCUT2D eigenvalue weighted by atomic mass is 16.5. The molecular formula is C18H24N4O3. The Morgan fingerprint density at radius 2 is 1.92 bits per heavy atom. The van der Waals surface area contributed by atoms with Gasteiger partial charge in [-0.15, -0.1) is 10.2 Å². The van der Waals surface area contributed by atoms with E-state index in [-0.39, 0.29) is 11.8 Å². The van der Waals surface area contributed by atoms with Crippen molar-refractivity contribution in [1.82, 2.24) is 20.0 Å². The smallest absolute Gasteiger partial charge is 0.257 e. The molecule has 3 rings (SSSR count). The van der Waals surface area contributed by atoms with Crippen LogP contribution in [0.5, 0.6) is 5.75 Å². The van der Waals surface area contributed by atoms with Gasteiger partial charge in [0.15, 0.2) is 0 Å². The predicted octanol–water partition coefficient (Wildman–Crippen LogP) is 2.16. The van der Waals surface area contributed by atoms with Crippen LogP contribution in [0, 0.1) is 0 Å². The highest BCUT2D eigenvalue weighted by Crippen LogP contribution is 2.20. The molecule has 1 aliphatic heterocycles. The maximum Gasteiger partial charge on any atom is 0.257 e. The second kappa shape index (κ2) is 7.65. The van der Waals surface area contributed by atoms with Crippen LogP contribution < -0.4 is 4.74 Å². The quantitative estimate of drug-likeness (QED) is 0.828. The summed E-state index contributed by atoms with van der Waals surface area (Å²) in [5.41, 5.74) is 0.608. The van der Waals surface area contributed by atoms with E-state index in [9.17, 15) is 4.79 Å². The van der Waals surface area contributed by atoms with E-state index in [0.717, 1.165) is 13.1 Å². The van der Waals surface area contributed by atoms with Gasteiger partial charge >= 0.3 is 0 Å². The van der Waals surface area contributed by atoms with E-state index in [1.165, 1.54) is 0 Å². The van der Waals surface area contributed by atoms with Gasteiger partial charge in [0.1, 0.15) is 5.75 Å². The first-order valence-corrected chi connectivity index (χ1v) is 8.55. The Bertz CT molecular complexity index is 721. The van der Waals surface area contributed by atoms with E-state index >= 15 is 0 Å². The number of para-hydroxylation sites is 1. The van der Waals surface area contributed by atoms with Crippen molar-refractivity contribution in [2.24, 2.45) is 0 Å². The summed E-state index contributed by atoms with van der Waals surface area (Å²) in [5.74, 6) is 2.16. The summed E-state index contributed by atoms with van der Waals surface area (Å²) < 4.78 is 11.0. The van der Waals surface area contributed by atoms with Crippen molar-refractivity contribution in [3.8, 4) is 5.75 Å². The van der Waals surface area contributed by atoms with Crippen LogP contribution in [0.3, 0.4) is 0 Å². The van der Waals surface area contributed by atoms with Gasteiger partial charge in [0, 0.05) is 32.1 Å². The fourth-order valence-corrected chi connectivity index (χ4v) is 2.86. The molecule has 1 fully saturated rings. The Morgan fingerprint density at radius 1 is 1.20 bits per heavy atom. The molecule has 0 unspecified atom stereocenters. The number of rotatable bonds is 5. The van der Waals surface area contributed by atoms with E-state index in [2.05, 4.69) is 15.1 Å². The van der Waals surface area contributed by atoms with Crippen LogP contribution in [0.1, 0.15) is 41.9 Å². The Kier molecular flexibility index (Phi) is 5.33. The zero-order valence-electron chi connectivity index (χ0n) is 14.9. The third kappa shape index (κ3) is 3.99. The molecule has 134 valence electrons. The van der Waals surface area contributed by atoms with Gasteiger partial charge in [-0.25, -0.2) is 0 Å². The van der Waals surface area contributed by atoms with E-state index < -0.39 is 0 Å². The molecular weight excluding hydrogens is 320 g/mol. The number of methoxy groups -OCH3 is 1. The zero-order valence-corrected chi connectivity index (χ0v) is 14.9. The predicted molar refractivity (Wildman–Crippen MR) is 92.6 cm³/mol. The first-order valence-electron chi connectivity index (χ1n) is 8.55. The molecule has 0 atom stereocenters. The van der Waals surface area contributed by atoms with E-state index in [1.807, 2.05) is 36.9 Å². The number of aromatic nitrogens is 2. The van der Waals surface area contributed by atoms with Gasteiger partial charge in [-0.05, 0) is 12.1 Å². The van der Waals surface area contributed by atoms with Gasteiger partial charge < -0.3 is 14.1 Å². The fourth-order valence-electron chi connectivity index (χ4n) is 2.86. The number of amides is 1. The number of hydrogen-bond acceptors (Lipinski definition) is 6. The number of carbonyl (C=O) groups excluding carboxylic acids is 1. The van der Waals surface area contributed by atoms with Gasteiger partial charge in [-0.3, -0.25) is 9.69 Å². The van der Waals surface area contributed by atoms with Crippen LogP contribution in [0.15, 0.2) is 28.7 Å². The SMILES string of the molecule is COc1ccccc1C(=O)N1CCN(Cc2nnc(C(C)C)o2)CC1. The first-order chi connectivity index (χ1) is 12.1. The molecule has 1 amide bonds. The minimum Gasteiger partial charge on any atom is -0.496 e. The van der Waals surface area contributed by atoms with Gasteiger partial charge in [-0.1, -0.05) is 26.0 Å². The third-order valence-electron chi connectivity index (χ3n) is 4.33. The number of ether oxygens (including phenoxy) is 1. The molecule has 2 aromatic rings. The summed E-state index contributed by atoms with van der Waals surface area (Å²) >= 11 is 0. The van der Waals surface area contributed by atoms with Crippen LogP contribution in [-0.2, 0) is 6.54 Å². The Morgan fingerprint density at radius 3 is 2.56 bits per heavy atom. The molecule has 7 heteroatoms. The average molecular weight is 344 g/mol. The highest BCUT2D eigenvalue weighted by molar-refractivity contribution is 5.97. The highest BCUT2D eigenvalue weighted by Gasteiger charge is 2.25. The molecule has 0 bridgehead atoms. The van der Waals surface area contributed by atoms with Crippen molar-refractivity contribution in [3.63, 3.8) is 0 Å². The van der Waals surface area contributed by atoms with Crippen molar-refractivity contribution in [2.45, 2.75) is 26.3 Å². The molecule has 0 spiro atoms. The van der Waals surface area contributed by atoms with Crippen molar-refractivity contribution in [3.05, 3.63) is 41.6 Å². The molecule has 0 N–H and O–H groups in total. The normalized spacial score (nSPS) is 15.6. The average Bonchev–Trinajstić information content (AvgIpc) is 3.10. The minimum atomic E-state index is 0.0111. The van der Waals surface area contributed by atoms with Crippen LogP contribution in [0.25, 0.3) is 0 Å². The van der Waals surface area contributed by atoms with Crippen LogP contribution >= 0.6 is 0 Å². The lowest BCUT2D eigenvalue weighted by molar-refractivity contribution is 0.0614. The lowest BCUT2D eigenvalue weighted by Crippen LogP contribution is -2.48. The van der Waals surface area contributed by atoms with Crippen molar-refractivity contribution < 1.29 is 13.9 Å². The number of benzene rings is 1. The van der Waals surface area contributed by atoms with Gasteiger partial charge in [0.25, 0.3) is 5.91 Å². The van der Waals surface area contributed by atoms with E-state index in [4.69, 9.17) is 9.15 Å². The molecule has 7 nitrogen and oxygen atoms in total. The largest absolute Gasteiger partial charge is 0.496 e. The number of hydrogen-bond donors (Lipinski definition) is 0. The topological polar surface area (TPSA) is 71.7 Å². The van der Waals surface area contributed by atoms with Crippen LogP contribution in [0.2, 0.25) is 0 Å². The summed E-state index contributed by atoms with van der Waals surface area (Å²) in [7, 11) is 1.58. The van der Waals surface area contributed by atoms with Crippen LogP contribution in [0.4, 0.5) is 0 Å². The molecule has 1 saturated heterocycles. The standard InChI is InChI=1S/C18H24N4O3/c1-13(2)17-20-19-16(25-17)12-21-8-10-22(11-9-21)18(23)14-6-4-5-7-15(14)24-3/h4-7,13H,8-12H2,1-3H3. The molecule has 0 aliphatic carbocycles. The molecule has 1 aliphatic rings. The summed E-state index contributed by atoms with van der Waals surface area (Å²) in [6.07, 6.45) is 0. The van der Waals surface area contributed by atoms with Crippen molar-refractivity contribution >= 4 is 5.91 Å². The second-order valence-corrected chi connectivity index (χ2v) is 6.46. The van der Waals surface area contributed by atoms with Crippen molar-refractivity contribution in [1.29, 1.82) is 0 Å². The lowest BCUT2D eigenvalue weighted by Gasteiger charge is -2.34. The monoisotopic (exact) mass is 344 g/mol. The lowest BCUT2D eigenvalue weighted by atomic mass is 10.1. The Hall–Kier alpha value is -2.41. The molecule has 1 aromatic carbocycles. The Balaban J connectivity index is 1.57. The number of nitrogens with zero attached hydrogens (tertiary/aromatic N) is 4. The fraction of sp³-hybridized carbons (Fsp3) is 0.500. The van der Waals surface area contributed by atoms with E-state index in [0.29, 0.717) is 42.7 Å². The maximum atomic E-state index is 12.7. The minimum absolute atomic E-state index is 0.0111. The second-order valence-electron chi connectivity index (χ2n) is 6.46. The molecule has 1 aromatic heterocycles. The Labute approximate surface area is 147 Å². The molecule has 0 saturated carbocycles. The van der Waals surface area contributed by atoms with Gasteiger partial charge in [0.05, 0.1) is 19.2 Å².